The Labute approximate surface area is 163 Å². The maximum atomic E-state index is 12.5. The van der Waals surface area contributed by atoms with Gasteiger partial charge < -0.3 is 20.2 Å². The molecule has 1 saturated heterocycles. The van der Waals surface area contributed by atoms with E-state index in [2.05, 4.69) is 10.2 Å². The van der Waals surface area contributed by atoms with Crippen LogP contribution in [0.2, 0.25) is 0 Å². The number of amides is 1. The lowest BCUT2D eigenvalue weighted by atomic mass is 10.2. The smallest absolute Gasteiger partial charge is 0.233 e. The van der Waals surface area contributed by atoms with Gasteiger partial charge in [0.15, 0.2) is 5.82 Å². The van der Waals surface area contributed by atoms with E-state index in [1.807, 2.05) is 49.9 Å². The number of nitrogen functional groups attached to an aromatic ring is 1. The molecule has 27 heavy (non-hydrogen) atoms. The summed E-state index contributed by atoms with van der Waals surface area (Å²) in [5, 5.41) is 8.78. The van der Waals surface area contributed by atoms with Crippen molar-refractivity contribution in [1.82, 2.24) is 19.8 Å². The first kappa shape index (κ1) is 19.5. The quantitative estimate of drug-likeness (QED) is 0.592. The average molecular weight is 391 g/mol. The van der Waals surface area contributed by atoms with E-state index in [1.54, 1.807) is 0 Å². The van der Waals surface area contributed by atoms with Crippen LogP contribution < -0.4 is 10.6 Å². The highest BCUT2D eigenvalue weighted by molar-refractivity contribution is 7.99. The molecule has 146 valence electrons. The highest BCUT2D eigenvalue weighted by atomic mass is 32.2. The fourth-order valence-electron chi connectivity index (χ4n) is 3.04. The van der Waals surface area contributed by atoms with E-state index in [0.29, 0.717) is 30.7 Å². The van der Waals surface area contributed by atoms with Crippen LogP contribution in [0, 0.1) is 0 Å². The Morgan fingerprint density at radius 2 is 1.93 bits per heavy atom. The predicted molar refractivity (Wildman–Crippen MR) is 104 cm³/mol. The number of benzene rings is 1. The SMILES string of the molecule is CCOc1ccc(-c2nnc(SCC(=O)N3C[C@@H](C)O[C@@H](C)C3)n2N)cc1. The van der Waals surface area contributed by atoms with Crippen molar-refractivity contribution in [1.29, 1.82) is 0 Å². The van der Waals surface area contributed by atoms with Crippen LogP contribution in [0.3, 0.4) is 0 Å². The zero-order chi connectivity index (χ0) is 19.4. The maximum absolute atomic E-state index is 12.5. The van der Waals surface area contributed by atoms with E-state index in [1.165, 1.54) is 16.4 Å². The molecule has 2 heterocycles. The van der Waals surface area contributed by atoms with Gasteiger partial charge in [0.25, 0.3) is 0 Å². The van der Waals surface area contributed by atoms with Crippen molar-refractivity contribution >= 4 is 17.7 Å². The van der Waals surface area contributed by atoms with Gasteiger partial charge in [-0.25, -0.2) is 4.68 Å². The van der Waals surface area contributed by atoms with Crippen LogP contribution in [0.15, 0.2) is 29.4 Å². The van der Waals surface area contributed by atoms with Gasteiger partial charge in [-0.05, 0) is 45.0 Å². The van der Waals surface area contributed by atoms with E-state index in [9.17, 15) is 4.79 Å². The van der Waals surface area contributed by atoms with Gasteiger partial charge >= 0.3 is 0 Å². The number of hydrogen-bond acceptors (Lipinski definition) is 7. The molecule has 0 spiro atoms. The van der Waals surface area contributed by atoms with Gasteiger partial charge in [-0.1, -0.05) is 11.8 Å². The highest BCUT2D eigenvalue weighted by Crippen LogP contribution is 2.24. The molecule has 2 aromatic rings. The number of nitrogens with zero attached hydrogens (tertiary/aromatic N) is 4. The summed E-state index contributed by atoms with van der Waals surface area (Å²) in [6.07, 6.45) is 0.0965. The van der Waals surface area contributed by atoms with Gasteiger partial charge in [-0.3, -0.25) is 4.79 Å². The maximum Gasteiger partial charge on any atom is 0.233 e. The minimum atomic E-state index is 0.0483. The number of nitrogens with two attached hydrogens (primary N) is 1. The second-order valence-electron chi connectivity index (χ2n) is 6.48. The Hall–Kier alpha value is -2.26. The summed E-state index contributed by atoms with van der Waals surface area (Å²) in [5.74, 6) is 7.78. The van der Waals surface area contributed by atoms with Gasteiger partial charge in [-0.2, -0.15) is 0 Å². The number of aromatic nitrogens is 3. The number of thioether (sulfide) groups is 1. The third-order valence-corrected chi connectivity index (χ3v) is 5.11. The molecule has 2 atom stereocenters. The average Bonchev–Trinajstić information content (AvgIpc) is 3.00. The molecule has 0 radical (unpaired) electrons. The van der Waals surface area contributed by atoms with Crippen LogP contribution >= 0.6 is 11.8 Å². The van der Waals surface area contributed by atoms with Gasteiger partial charge in [0.1, 0.15) is 5.75 Å². The van der Waals surface area contributed by atoms with Crippen molar-refractivity contribution in [3.63, 3.8) is 0 Å². The van der Waals surface area contributed by atoms with Crippen LogP contribution in [0.25, 0.3) is 11.4 Å². The van der Waals surface area contributed by atoms with Crippen molar-refractivity contribution in [2.45, 2.75) is 38.1 Å². The molecular weight excluding hydrogens is 366 g/mol. The topological polar surface area (TPSA) is 95.5 Å². The Morgan fingerprint density at radius 3 is 2.56 bits per heavy atom. The monoisotopic (exact) mass is 391 g/mol. The van der Waals surface area contributed by atoms with Crippen LogP contribution in [-0.4, -0.2) is 63.3 Å². The highest BCUT2D eigenvalue weighted by Gasteiger charge is 2.26. The minimum absolute atomic E-state index is 0.0483. The fourth-order valence-corrected chi connectivity index (χ4v) is 3.80. The predicted octanol–water partition coefficient (Wildman–Crippen LogP) is 1.79. The zero-order valence-corrected chi connectivity index (χ0v) is 16.6. The van der Waals surface area contributed by atoms with Crippen molar-refractivity contribution in [3.8, 4) is 17.1 Å². The van der Waals surface area contributed by atoms with E-state index >= 15 is 0 Å². The molecule has 0 aliphatic carbocycles. The largest absolute Gasteiger partial charge is 0.494 e. The summed E-state index contributed by atoms with van der Waals surface area (Å²) in [6.45, 7) is 7.72. The summed E-state index contributed by atoms with van der Waals surface area (Å²) in [4.78, 5) is 14.3. The third-order valence-electron chi connectivity index (χ3n) is 4.19. The molecule has 1 aliphatic heterocycles. The van der Waals surface area contributed by atoms with Crippen molar-refractivity contribution in [2.24, 2.45) is 0 Å². The molecule has 0 unspecified atom stereocenters. The van der Waals surface area contributed by atoms with E-state index in [4.69, 9.17) is 15.3 Å². The van der Waals surface area contributed by atoms with Gasteiger partial charge in [0.05, 0.1) is 24.6 Å². The summed E-state index contributed by atoms with van der Waals surface area (Å²) >= 11 is 1.29. The zero-order valence-electron chi connectivity index (χ0n) is 15.8. The van der Waals surface area contributed by atoms with Gasteiger partial charge in [-0.15, -0.1) is 10.2 Å². The second kappa shape index (κ2) is 8.62. The first-order chi connectivity index (χ1) is 13.0. The Kier molecular flexibility index (Phi) is 6.22. The summed E-state index contributed by atoms with van der Waals surface area (Å²) in [5.41, 5.74) is 0.836. The number of ether oxygens (including phenoxy) is 2. The molecule has 1 aromatic carbocycles. The first-order valence-electron chi connectivity index (χ1n) is 8.97. The third kappa shape index (κ3) is 4.72. The molecule has 9 heteroatoms. The van der Waals surface area contributed by atoms with Gasteiger partial charge in [0, 0.05) is 18.7 Å². The number of carbonyl (C=O) groups excluding carboxylic acids is 1. The molecule has 2 N–H and O–H groups in total. The lowest BCUT2D eigenvalue weighted by Crippen LogP contribution is -2.48. The molecular formula is C18H25N5O3S. The minimum Gasteiger partial charge on any atom is -0.494 e. The molecule has 3 rings (SSSR count). The molecule has 0 saturated carbocycles. The van der Waals surface area contributed by atoms with E-state index in [0.717, 1.165) is 11.3 Å². The Bertz CT molecular complexity index is 770. The molecule has 1 amide bonds. The molecule has 8 nitrogen and oxygen atoms in total. The summed E-state index contributed by atoms with van der Waals surface area (Å²) in [6, 6.07) is 7.50. The number of morpholine rings is 1. The summed E-state index contributed by atoms with van der Waals surface area (Å²) < 4.78 is 12.5. The van der Waals surface area contributed by atoms with Crippen molar-refractivity contribution in [2.75, 3.05) is 31.3 Å². The van der Waals surface area contributed by atoms with Crippen molar-refractivity contribution in [3.05, 3.63) is 24.3 Å². The van der Waals surface area contributed by atoms with E-state index in [-0.39, 0.29) is 23.9 Å². The first-order valence-corrected chi connectivity index (χ1v) is 9.96. The molecule has 1 aromatic heterocycles. The lowest BCUT2D eigenvalue weighted by Gasteiger charge is -2.35. The number of rotatable bonds is 6. The van der Waals surface area contributed by atoms with Crippen molar-refractivity contribution < 1.29 is 14.3 Å². The van der Waals surface area contributed by atoms with Crippen LogP contribution in [0.4, 0.5) is 0 Å². The van der Waals surface area contributed by atoms with Crippen LogP contribution in [-0.2, 0) is 9.53 Å². The fraction of sp³-hybridized carbons (Fsp3) is 0.500. The number of hydrogen-bond donors (Lipinski definition) is 1. The van der Waals surface area contributed by atoms with E-state index < -0.39 is 0 Å². The molecule has 0 bridgehead atoms. The molecule has 1 aliphatic rings. The lowest BCUT2D eigenvalue weighted by molar-refractivity contribution is -0.140. The second-order valence-corrected chi connectivity index (χ2v) is 7.42. The van der Waals surface area contributed by atoms with Crippen LogP contribution in [0.5, 0.6) is 5.75 Å². The summed E-state index contributed by atoms with van der Waals surface area (Å²) in [7, 11) is 0. The van der Waals surface area contributed by atoms with Gasteiger partial charge in [0.2, 0.25) is 11.1 Å². The number of carbonyl (C=O) groups is 1. The Balaban J connectivity index is 1.62. The standard InChI is InChI=1S/C18H25N5O3S/c1-4-25-15-7-5-14(6-8-15)17-20-21-18(23(17)19)27-11-16(24)22-9-12(2)26-13(3)10-22/h5-8,12-13H,4,9-11,19H2,1-3H3/t12-,13+. The normalized spacial score (nSPS) is 19.9. The molecule has 1 fully saturated rings. The van der Waals surface area contributed by atoms with Crippen LogP contribution in [0.1, 0.15) is 20.8 Å². The Morgan fingerprint density at radius 1 is 1.26 bits per heavy atom.